The third-order valence-corrected chi connectivity index (χ3v) is 2.60. The number of rotatable bonds is 5. The Morgan fingerprint density at radius 3 is 2.47 bits per heavy atom. The van der Waals surface area contributed by atoms with Crippen LogP contribution in [-0.2, 0) is 9.59 Å². The van der Waals surface area contributed by atoms with E-state index in [1.54, 1.807) is 0 Å². The van der Waals surface area contributed by atoms with Gasteiger partial charge in [0.15, 0.2) is 0 Å². The Kier molecular flexibility index (Phi) is 4.71. The number of halogens is 1. The molecule has 102 valence electrons. The molecule has 0 spiro atoms. The zero-order valence-corrected chi connectivity index (χ0v) is 10.5. The molecule has 2 amide bonds. The van der Waals surface area contributed by atoms with Crippen molar-refractivity contribution in [2.24, 2.45) is 5.73 Å². The molecule has 19 heavy (non-hydrogen) atoms. The van der Waals surface area contributed by atoms with Crippen LogP contribution in [0.2, 0.25) is 5.02 Å². The standard InChI is InChI=1S/C11H12ClN3O4/c12-6-3-5(1-2-7(6)13)10(17)15-8(11(18)19)4-9(14)16/h1-3,8H,4,13H2,(H2,14,16)(H,15,17)(H,18,19). The number of carbonyl (C=O) groups excluding carboxylic acids is 2. The van der Waals surface area contributed by atoms with Crippen molar-refractivity contribution >= 4 is 35.1 Å². The molecular formula is C11H12ClN3O4. The molecule has 0 radical (unpaired) electrons. The molecule has 1 rings (SSSR count). The minimum atomic E-state index is -1.39. The molecule has 1 unspecified atom stereocenters. The number of nitrogens with one attached hydrogen (secondary N) is 1. The number of nitrogens with two attached hydrogens (primary N) is 2. The summed E-state index contributed by atoms with van der Waals surface area (Å²) < 4.78 is 0. The Morgan fingerprint density at radius 2 is 2.00 bits per heavy atom. The molecule has 0 aliphatic rings. The summed E-state index contributed by atoms with van der Waals surface area (Å²) in [4.78, 5) is 33.3. The van der Waals surface area contributed by atoms with Crippen molar-refractivity contribution in [1.82, 2.24) is 5.32 Å². The highest BCUT2D eigenvalue weighted by Gasteiger charge is 2.22. The molecule has 1 aromatic rings. The largest absolute Gasteiger partial charge is 0.480 e. The number of hydrogen-bond donors (Lipinski definition) is 4. The van der Waals surface area contributed by atoms with Gasteiger partial charge in [0.05, 0.1) is 17.1 Å². The predicted octanol–water partition coefficient (Wildman–Crippen LogP) is -0.0194. The van der Waals surface area contributed by atoms with Crippen molar-refractivity contribution < 1.29 is 19.5 Å². The normalized spacial score (nSPS) is 11.6. The lowest BCUT2D eigenvalue weighted by Gasteiger charge is -2.13. The van der Waals surface area contributed by atoms with E-state index in [9.17, 15) is 14.4 Å². The summed E-state index contributed by atoms with van der Waals surface area (Å²) in [7, 11) is 0. The zero-order valence-electron chi connectivity index (χ0n) is 9.72. The van der Waals surface area contributed by atoms with Crippen molar-refractivity contribution in [3.8, 4) is 0 Å². The number of aliphatic carboxylic acids is 1. The predicted molar refractivity (Wildman–Crippen MR) is 68.6 cm³/mol. The first-order chi connectivity index (χ1) is 8.81. The second kappa shape index (κ2) is 6.05. The van der Waals surface area contributed by atoms with Gasteiger partial charge in [0.1, 0.15) is 6.04 Å². The van der Waals surface area contributed by atoms with Crippen LogP contribution in [0.1, 0.15) is 16.8 Å². The van der Waals surface area contributed by atoms with E-state index in [1.165, 1.54) is 18.2 Å². The minimum absolute atomic E-state index is 0.134. The van der Waals surface area contributed by atoms with E-state index >= 15 is 0 Å². The Bertz CT molecular complexity index is 533. The molecule has 8 heteroatoms. The number of anilines is 1. The van der Waals surface area contributed by atoms with Crippen LogP contribution in [0.25, 0.3) is 0 Å². The van der Waals surface area contributed by atoms with Crippen molar-refractivity contribution in [2.75, 3.05) is 5.73 Å². The van der Waals surface area contributed by atoms with Crippen LogP contribution >= 0.6 is 11.6 Å². The van der Waals surface area contributed by atoms with E-state index in [4.69, 9.17) is 28.2 Å². The first kappa shape index (κ1) is 14.8. The molecular weight excluding hydrogens is 274 g/mol. The van der Waals surface area contributed by atoms with E-state index in [1.807, 2.05) is 0 Å². The maximum Gasteiger partial charge on any atom is 0.326 e. The van der Waals surface area contributed by atoms with Crippen molar-refractivity contribution in [2.45, 2.75) is 12.5 Å². The summed E-state index contributed by atoms with van der Waals surface area (Å²) in [6.45, 7) is 0. The quantitative estimate of drug-likeness (QED) is 0.564. The molecule has 0 fully saturated rings. The second-order valence-electron chi connectivity index (χ2n) is 3.77. The number of benzene rings is 1. The van der Waals surface area contributed by atoms with Gasteiger partial charge in [0, 0.05) is 5.56 Å². The highest BCUT2D eigenvalue weighted by atomic mass is 35.5. The van der Waals surface area contributed by atoms with Crippen LogP contribution in [0.3, 0.4) is 0 Å². The van der Waals surface area contributed by atoms with Crippen molar-refractivity contribution in [3.05, 3.63) is 28.8 Å². The fourth-order valence-electron chi connectivity index (χ4n) is 1.31. The lowest BCUT2D eigenvalue weighted by atomic mass is 10.1. The molecule has 0 aromatic heterocycles. The number of hydrogen-bond acceptors (Lipinski definition) is 4. The summed E-state index contributed by atoms with van der Waals surface area (Å²) in [5.74, 6) is -2.87. The number of carboxylic acids is 1. The van der Waals surface area contributed by atoms with Gasteiger partial charge < -0.3 is 21.9 Å². The molecule has 0 saturated heterocycles. The summed E-state index contributed by atoms with van der Waals surface area (Å²) in [5, 5.41) is 11.2. The van der Waals surface area contributed by atoms with Gasteiger partial charge in [-0.25, -0.2) is 4.79 Å². The lowest BCUT2D eigenvalue weighted by Crippen LogP contribution is -2.43. The second-order valence-corrected chi connectivity index (χ2v) is 4.18. The lowest BCUT2D eigenvalue weighted by molar-refractivity contribution is -0.140. The molecule has 6 N–H and O–H groups in total. The first-order valence-corrected chi connectivity index (χ1v) is 5.56. The van der Waals surface area contributed by atoms with Crippen LogP contribution in [0, 0.1) is 0 Å². The van der Waals surface area contributed by atoms with Gasteiger partial charge in [-0.2, -0.15) is 0 Å². The summed E-state index contributed by atoms with van der Waals surface area (Å²) in [6, 6.07) is 2.72. The minimum Gasteiger partial charge on any atom is -0.480 e. The summed E-state index contributed by atoms with van der Waals surface area (Å²) >= 11 is 5.75. The number of amides is 2. The molecule has 0 bridgehead atoms. The number of carbonyl (C=O) groups is 3. The molecule has 0 aliphatic heterocycles. The maximum atomic E-state index is 11.8. The van der Waals surface area contributed by atoms with Gasteiger partial charge in [-0.3, -0.25) is 9.59 Å². The van der Waals surface area contributed by atoms with Crippen molar-refractivity contribution in [3.63, 3.8) is 0 Å². The van der Waals surface area contributed by atoms with Crippen LogP contribution in [-0.4, -0.2) is 28.9 Å². The van der Waals surface area contributed by atoms with Crippen molar-refractivity contribution in [1.29, 1.82) is 0 Å². The van der Waals surface area contributed by atoms with Gasteiger partial charge in [0.2, 0.25) is 5.91 Å². The zero-order chi connectivity index (χ0) is 14.6. The Hall–Kier alpha value is -2.28. The molecule has 0 aliphatic carbocycles. The van der Waals surface area contributed by atoms with Crippen LogP contribution in [0.5, 0.6) is 0 Å². The highest BCUT2D eigenvalue weighted by molar-refractivity contribution is 6.33. The SMILES string of the molecule is NC(=O)CC(NC(=O)c1ccc(N)c(Cl)c1)C(=O)O. The third-order valence-electron chi connectivity index (χ3n) is 2.27. The monoisotopic (exact) mass is 285 g/mol. The topological polar surface area (TPSA) is 136 Å². The van der Waals surface area contributed by atoms with E-state index in [0.29, 0.717) is 5.69 Å². The summed E-state index contributed by atoms with van der Waals surface area (Å²) in [5.41, 5.74) is 10.8. The van der Waals surface area contributed by atoms with Crippen LogP contribution in [0.4, 0.5) is 5.69 Å². The van der Waals surface area contributed by atoms with Gasteiger partial charge >= 0.3 is 5.97 Å². The smallest absolute Gasteiger partial charge is 0.326 e. The number of carboxylic acid groups (broad SMARTS) is 1. The molecule has 1 atom stereocenters. The van der Waals surface area contributed by atoms with Gasteiger partial charge in [-0.05, 0) is 18.2 Å². The molecule has 1 aromatic carbocycles. The fourth-order valence-corrected chi connectivity index (χ4v) is 1.49. The highest BCUT2D eigenvalue weighted by Crippen LogP contribution is 2.19. The fraction of sp³-hybridized carbons (Fsp3) is 0.182. The first-order valence-electron chi connectivity index (χ1n) is 5.18. The number of primary amides is 1. The average Bonchev–Trinajstić information content (AvgIpc) is 2.31. The van der Waals surface area contributed by atoms with Gasteiger partial charge in [-0.1, -0.05) is 11.6 Å². The van der Waals surface area contributed by atoms with E-state index in [0.717, 1.165) is 0 Å². The van der Waals surface area contributed by atoms with Crippen LogP contribution in [0.15, 0.2) is 18.2 Å². The Labute approximate surface area is 113 Å². The van der Waals surface area contributed by atoms with Gasteiger partial charge in [-0.15, -0.1) is 0 Å². The average molecular weight is 286 g/mol. The molecule has 7 nitrogen and oxygen atoms in total. The molecule has 0 heterocycles. The third kappa shape index (κ3) is 4.14. The van der Waals surface area contributed by atoms with Crippen LogP contribution < -0.4 is 16.8 Å². The Morgan fingerprint density at radius 1 is 1.37 bits per heavy atom. The van der Waals surface area contributed by atoms with Gasteiger partial charge in [0.25, 0.3) is 5.91 Å². The van der Waals surface area contributed by atoms with E-state index in [-0.39, 0.29) is 10.6 Å². The van der Waals surface area contributed by atoms with E-state index in [2.05, 4.69) is 5.32 Å². The molecule has 0 saturated carbocycles. The summed E-state index contributed by atoms with van der Waals surface area (Å²) in [6.07, 6.45) is -0.496. The Balaban J connectivity index is 2.84. The number of nitrogen functional groups attached to an aromatic ring is 1. The maximum absolute atomic E-state index is 11.8. The van der Waals surface area contributed by atoms with E-state index < -0.39 is 30.2 Å².